The van der Waals surface area contributed by atoms with Crippen molar-refractivity contribution in [2.45, 2.75) is 19.3 Å². The summed E-state index contributed by atoms with van der Waals surface area (Å²) >= 11 is 0. The lowest BCUT2D eigenvalue weighted by molar-refractivity contribution is -0.127. The van der Waals surface area contributed by atoms with E-state index in [9.17, 15) is 18.0 Å². The molecule has 2 aliphatic heterocycles. The summed E-state index contributed by atoms with van der Waals surface area (Å²) < 4.78 is 27.4. The molecule has 0 bridgehead atoms. The molecular weight excluding hydrogens is 356 g/mol. The van der Waals surface area contributed by atoms with Crippen LogP contribution in [0.1, 0.15) is 29.6 Å². The van der Waals surface area contributed by atoms with Crippen molar-refractivity contribution in [3.8, 4) is 0 Å². The fourth-order valence-corrected chi connectivity index (χ4v) is 4.32. The molecule has 0 spiro atoms. The Morgan fingerprint density at radius 3 is 2.58 bits per heavy atom. The maximum Gasteiger partial charge on any atom is 0.324 e. The van der Waals surface area contributed by atoms with Gasteiger partial charge in [-0.1, -0.05) is 6.58 Å². The normalized spacial score (nSPS) is 18.9. The Labute approximate surface area is 153 Å². The molecule has 0 radical (unpaired) electrons. The van der Waals surface area contributed by atoms with Crippen LogP contribution in [-0.4, -0.2) is 51.3 Å². The van der Waals surface area contributed by atoms with Gasteiger partial charge in [-0.05, 0) is 37.1 Å². The van der Waals surface area contributed by atoms with Crippen LogP contribution in [0, 0.1) is 0 Å². The number of likely N-dealkylation sites (tertiary alicyclic amines) is 1. The Bertz CT molecular complexity index is 820. The van der Waals surface area contributed by atoms with Crippen LogP contribution in [0.15, 0.2) is 36.5 Å². The number of anilines is 1. The smallest absolute Gasteiger partial charge is 0.324 e. The molecule has 1 aromatic carbocycles. The Balaban J connectivity index is 1.51. The third-order valence-electron chi connectivity index (χ3n) is 4.38. The van der Waals surface area contributed by atoms with Gasteiger partial charge >= 0.3 is 10.2 Å². The van der Waals surface area contributed by atoms with Crippen molar-refractivity contribution in [2.24, 2.45) is 0 Å². The van der Waals surface area contributed by atoms with Gasteiger partial charge in [0.25, 0.3) is 5.91 Å². The summed E-state index contributed by atoms with van der Waals surface area (Å²) in [6, 6.07) is 6.36. The molecule has 8 nitrogen and oxygen atoms in total. The van der Waals surface area contributed by atoms with Crippen molar-refractivity contribution in [1.82, 2.24) is 14.9 Å². The average Bonchev–Trinajstić information content (AvgIpc) is 3.13. The molecule has 3 rings (SSSR count). The third-order valence-corrected chi connectivity index (χ3v) is 5.84. The summed E-state index contributed by atoms with van der Waals surface area (Å²) in [6.45, 7) is 5.73. The second kappa shape index (κ2) is 7.36. The fraction of sp³-hybridized carbons (Fsp3) is 0.412. The lowest BCUT2D eigenvalue weighted by Gasteiger charge is -2.16. The predicted octanol–water partition coefficient (Wildman–Crippen LogP) is 0.597. The first-order chi connectivity index (χ1) is 12.4. The van der Waals surface area contributed by atoms with E-state index in [-0.39, 0.29) is 18.4 Å². The molecule has 140 valence electrons. The Kier molecular flexibility index (Phi) is 5.17. The first-order valence-electron chi connectivity index (χ1n) is 8.51. The summed E-state index contributed by atoms with van der Waals surface area (Å²) in [5, 5.41) is 2.81. The Morgan fingerprint density at radius 2 is 2.00 bits per heavy atom. The number of carbonyl (C=O) groups is 2. The van der Waals surface area contributed by atoms with Gasteiger partial charge in [0.05, 0.1) is 12.2 Å². The highest BCUT2D eigenvalue weighted by molar-refractivity contribution is 7.91. The molecular formula is C17H22N4O4S. The van der Waals surface area contributed by atoms with Crippen LogP contribution in [0.2, 0.25) is 0 Å². The molecule has 2 N–H and O–H groups in total. The number of hydrogen-bond donors (Lipinski definition) is 2. The molecule has 0 aliphatic carbocycles. The van der Waals surface area contributed by atoms with Crippen LogP contribution in [0.25, 0.3) is 0 Å². The van der Waals surface area contributed by atoms with E-state index in [0.29, 0.717) is 42.9 Å². The van der Waals surface area contributed by atoms with Crippen LogP contribution in [0.4, 0.5) is 5.69 Å². The minimum atomic E-state index is -3.60. The average molecular weight is 378 g/mol. The molecule has 26 heavy (non-hydrogen) atoms. The van der Waals surface area contributed by atoms with E-state index in [0.717, 1.165) is 13.0 Å². The van der Waals surface area contributed by atoms with Crippen molar-refractivity contribution >= 4 is 27.7 Å². The molecule has 1 aromatic rings. The summed E-state index contributed by atoms with van der Waals surface area (Å²) in [4.78, 5) is 25.5. The maximum atomic E-state index is 12.2. The second-order valence-electron chi connectivity index (χ2n) is 6.36. The second-order valence-corrected chi connectivity index (χ2v) is 7.95. The lowest BCUT2D eigenvalue weighted by Crippen LogP contribution is -2.31. The van der Waals surface area contributed by atoms with E-state index in [1.54, 1.807) is 24.3 Å². The van der Waals surface area contributed by atoms with Gasteiger partial charge in [-0.25, -0.2) is 4.31 Å². The molecule has 0 aromatic heterocycles. The summed E-state index contributed by atoms with van der Waals surface area (Å²) in [5.41, 5.74) is 1.33. The Morgan fingerprint density at radius 1 is 1.27 bits per heavy atom. The van der Waals surface area contributed by atoms with Crippen molar-refractivity contribution in [3.63, 3.8) is 0 Å². The first kappa shape index (κ1) is 18.2. The van der Waals surface area contributed by atoms with Gasteiger partial charge in [0.2, 0.25) is 5.91 Å². The number of benzene rings is 1. The van der Waals surface area contributed by atoms with Gasteiger partial charge in [-0.3, -0.25) is 14.3 Å². The standard InChI is InChI=1S/C17H22N4O4S/c1-13-12-21(26(24,25)19-13)15-7-5-14(6-8-15)17(23)18-9-3-11-20-10-2-4-16(20)22/h5-8,19H,1-4,9-12H2,(H,18,23). The molecule has 2 saturated heterocycles. The van der Waals surface area contributed by atoms with E-state index in [2.05, 4.69) is 16.6 Å². The predicted molar refractivity (Wildman–Crippen MR) is 97.7 cm³/mol. The molecule has 9 heteroatoms. The van der Waals surface area contributed by atoms with E-state index in [1.165, 1.54) is 4.31 Å². The van der Waals surface area contributed by atoms with Crippen molar-refractivity contribution in [1.29, 1.82) is 0 Å². The summed E-state index contributed by atoms with van der Waals surface area (Å²) in [7, 11) is -3.60. The van der Waals surface area contributed by atoms with Crippen molar-refractivity contribution in [2.75, 3.05) is 30.5 Å². The molecule has 2 heterocycles. The number of nitrogens with zero attached hydrogens (tertiary/aromatic N) is 2. The minimum absolute atomic E-state index is 0.170. The highest BCUT2D eigenvalue weighted by Crippen LogP contribution is 2.23. The van der Waals surface area contributed by atoms with E-state index in [1.807, 2.05) is 4.90 Å². The lowest BCUT2D eigenvalue weighted by atomic mass is 10.2. The zero-order valence-electron chi connectivity index (χ0n) is 14.4. The number of rotatable bonds is 6. The molecule has 2 aliphatic rings. The van der Waals surface area contributed by atoms with E-state index in [4.69, 9.17) is 0 Å². The highest BCUT2D eigenvalue weighted by Gasteiger charge is 2.30. The molecule has 2 amide bonds. The van der Waals surface area contributed by atoms with Crippen molar-refractivity contribution < 1.29 is 18.0 Å². The maximum absolute atomic E-state index is 12.2. The monoisotopic (exact) mass is 378 g/mol. The SMILES string of the molecule is C=C1CN(c2ccc(C(=O)NCCCN3CCCC3=O)cc2)S(=O)(=O)N1. The van der Waals surface area contributed by atoms with Gasteiger partial charge in [0.15, 0.2) is 0 Å². The summed E-state index contributed by atoms with van der Waals surface area (Å²) in [6.07, 6.45) is 2.23. The van der Waals surface area contributed by atoms with Gasteiger partial charge < -0.3 is 10.2 Å². The topological polar surface area (TPSA) is 98.8 Å². The van der Waals surface area contributed by atoms with Gasteiger partial charge in [0.1, 0.15) is 0 Å². The van der Waals surface area contributed by atoms with Crippen LogP contribution < -0.4 is 14.3 Å². The summed E-state index contributed by atoms with van der Waals surface area (Å²) in [5.74, 6) is -0.0444. The van der Waals surface area contributed by atoms with Crippen LogP contribution in [0.5, 0.6) is 0 Å². The van der Waals surface area contributed by atoms with Crippen LogP contribution in [0.3, 0.4) is 0 Å². The zero-order chi connectivity index (χ0) is 18.7. The zero-order valence-corrected chi connectivity index (χ0v) is 15.2. The Hall–Kier alpha value is -2.55. The van der Waals surface area contributed by atoms with Gasteiger partial charge in [-0.15, -0.1) is 0 Å². The van der Waals surface area contributed by atoms with Gasteiger partial charge in [0, 0.05) is 37.3 Å². The molecule has 0 unspecified atom stereocenters. The largest absolute Gasteiger partial charge is 0.352 e. The molecule has 0 atom stereocenters. The van der Waals surface area contributed by atoms with Crippen LogP contribution >= 0.6 is 0 Å². The van der Waals surface area contributed by atoms with Gasteiger partial charge in [-0.2, -0.15) is 8.42 Å². The first-order valence-corrected chi connectivity index (χ1v) is 9.95. The number of hydrogen-bond acceptors (Lipinski definition) is 4. The fourth-order valence-electron chi connectivity index (χ4n) is 3.05. The minimum Gasteiger partial charge on any atom is -0.352 e. The highest BCUT2D eigenvalue weighted by atomic mass is 32.2. The van der Waals surface area contributed by atoms with Crippen molar-refractivity contribution in [3.05, 3.63) is 42.1 Å². The quantitative estimate of drug-likeness (QED) is 0.708. The van der Waals surface area contributed by atoms with E-state index >= 15 is 0 Å². The molecule has 2 fully saturated rings. The number of nitrogens with one attached hydrogen (secondary N) is 2. The third kappa shape index (κ3) is 3.98. The van der Waals surface area contributed by atoms with E-state index < -0.39 is 10.2 Å². The number of amides is 2. The molecule has 0 saturated carbocycles. The van der Waals surface area contributed by atoms with Crippen LogP contribution in [-0.2, 0) is 15.0 Å². The number of carbonyl (C=O) groups excluding carboxylic acids is 2.